The molecule has 1 aliphatic heterocycles. The fourth-order valence-corrected chi connectivity index (χ4v) is 2.81. The molecule has 10 heteroatoms. The molecule has 0 bridgehead atoms. The second-order valence-corrected chi connectivity index (χ2v) is 6.58. The summed E-state index contributed by atoms with van der Waals surface area (Å²) in [7, 11) is 0. The van der Waals surface area contributed by atoms with Crippen LogP contribution >= 0.6 is 0 Å². The van der Waals surface area contributed by atoms with Crippen LogP contribution in [0.2, 0.25) is 0 Å². The van der Waals surface area contributed by atoms with E-state index in [2.05, 4.69) is 20.3 Å². The van der Waals surface area contributed by atoms with Gasteiger partial charge in [0.15, 0.2) is 17.4 Å². The highest BCUT2D eigenvalue weighted by Gasteiger charge is 2.57. The minimum absolute atomic E-state index is 0.0231. The van der Waals surface area contributed by atoms with Gasteiger partial charge in [0.2, 0.25) is 11.6 Å². The summed E-state index contributed by atoms with van der Waals surface area (Å²) in [6.07, 6.45) is 2.01. The molecule has 4 atom stereocenters. The highest BCUT2D eigenvalue weighted by molar-refractivity contribution is 5.71. The van der Waals surface area contributed by atoms with E-state index in [0.717, 1.165) is 4.57 Å². The normalized spacial score (nSPS) is 28.6. The van der Waals surface area contributed by atoms with E-state index in [1.165, 1.54) is 6.33 Å². The van der Waals surface area contributed by atoms with Gasteiger partial charge in [-0.25, -0.2) is 9.37 Å². The Morgan fingerprint density at radius 3 is 2.96 bits per heavy atom. The summed E-state index contributed by atoms with van der Waals surface area (Å²) in [6, 6.07) is 0. The molecule has 3 heterocycles. The number of rotatable bonds is 5. The Balaban J connectivity index is 2.08. The zero-order chi connectivity index (χ0) is 19.1. The molecular weight excluding hydrogens is 345 g/mol. The van der Waals surface area contributed by atoms with E-state index >= 15 is 4.39 Å². The number of aliphatic hydroxyl groups excluding tert-OH is 2. The maximum atomic E-state index is 15.2. The van der Waals surface area contributed by atoms with Crippen molar-refractivity contribution in [2.75, 3.05) is 18.5 Å². The lowest BCUT2D eigenvalue weighted by Gasteiger charge is -2.23. The van der Waals surface area contributed by atoms with Gasteiger partial charge >= 0.3 is 0 Å². The van der Waals surface area contributed by atoms with E-state index in [1.54, 1.807) is 0 Å². The van der Waals surface area contributed by atoms with Crippen LogP contribution in [0.15, 0.2) is 11.1 Å². The van der Waals surface area contributed by atoms with Crippen LogP contribution < -0.4 is 10.9 Å². The fourth-order valence-electron chi connectivity index (χ4n) is 2.81. The Morgan fingerprint density at radius 1 is 1.62 bits per heavy atom. The molecule has 0 radical (unpaired) electrons. The molecule has 0 aromatic carbocycles. The summed E-state index contributed by atoms with van der Waals surface area (Å²) in [5.74, 6) is 2.40. The van der Waals surface area contributed by atoms with Crippen molar-refractivity contribution < 1.29 is 19.3 Å². The van der Waals surface area contributed by atoms with Gasteiger partial charge in [0.05, 0.1) is 12.9 Å². The fraction of sp³-hybridized carbons (Fsp3) is 0.562. The summed E-state index contributed by atoms with van der Waals surface area (Å²) in [4.78, 5) is 23.0. The summed E-state index contributed by atoms with van der Waals surface area (Å²) in [6.45, 7) is 3.92. The van der Waals surface area contributed by atoms with E-state index in [1.807, 2.05) is 19.8 Å². The van der Waals surface area contributed by atoms with Crippen LogP contribution in [-0.2, 0) is 4.74 Å². The lowest BCUT2D eigenvalue weighted by atomic mass is 9.97. The molecule has 1 aliphatic rings. The lowest BCUT2D eigenvalue weighted by molar-refractivity contribution is -0.0504. The predicted molar refractivity (Wildman–Crippen MR) is 91.2 cm³/mol. The number of aliphatic hydroxyl groups is 2. The van der Waals surface area contributed by atoms with Crippen molar-refractivity contribution in [3.8, 4) is 12.3 Å². The summed E-state index contributed by atoms with van der Waals surface area (Å²) >= 11 is 0. The molecule has 0 amide bonds. The second kappa shape index (κ2) is 6.68. The first-order chi connectivity index (χ1) is 12.3. The average molecular weight is 365 g/mol. The molecule has 1 fully saturated rings. The molecule has 2 aromatic heterocycles. The number of hydrogen-bond acceptors (Lipinski definition) is 7. The van der Waals surface area contributed by atoms with Crippen molar-refractivity contribution in [3.05, 3.63) is 16.7 Å². The van der Waals surface area contributed by atoms with E-state index in [9.17, 15) is 15.0 Å². The molecule has 1 unspecified atom stereocenters. The number of halogens is 1. The predicted octanol–water partition coefficient (Wildman–Crippen LogP) is -0.220. The molecule has 2 aromatic rings. The average Bonchev–Trinajstić information content (AvgIpc) is 3.13. The zero-order valence-electron chi connectivity index (χ0n) is 14.3. The van der Waals surface area contributed by atoms with Crippen LogP contribution in [-0.4, -0.2) is 60.8 Å². The van der Waals surface area contributed by atoms with Crippen LogP contribution in [0.25, 0.3) is 11.2 Å². The van der Waals surface area contributed by atoms with E-state index in [4.69, 9.17) is 11.2 Å². The number of aromatic amines is 1. The number of alkyl halides is 1. The third kappa shape index (κ3) is 2.84. The van der Waals surface area contributed by atoms with Gasteiger partial charge < -0.3 is 20.3 Å². The molecule has 0 aliphatic carbocycles. The molecule has 0 saturated carbocycles. The number of aromatic nitrogens is 4. The summed E-state index contributed by atoms with van der Waals surface area (Å²) < 4.78 is 21.7. The number of hydrogen-bond donors (Lipinski definition) is 4. The first-order valence-electron chi connectivity index (χ1n) is 8.13. The second-order valence-electron chi connectivity index (χ2n) is 6.58. The summed E-state index contributed by atoms with van der Waals surface area (Å²) in [5.41, 5.74) is -3.10. The van der Waals surface area contributed by atoms with Crippen LogP contribution in [0.5, 0.6) is 0 Å². The Morgan fingerprint density at radius 2 is 2.35 bits per heavy atom. The third-order valence-electron chi connectivity index (χ3n) is 4.21. The van der Waals surface area contributed by atoms with E-state index in [-0.39, 0.29) is 17.1 Å². The van der Waals surface area contributed by atoms with E-state index < -0.39 is 36.3 Å². The quantitative estimate of drug-likeness (QED) is 0.540. The van der Waals surface area contributed by atoms with Gasteiger partial charge in [-0.05, 0) is 5.92 Å². The van der Waals surface area contributed by atoms with E-state index in [0.29, 0.717) is 12.5 Å². The molecule has 140 valence electrons. The Labute approximate surface area is 148 Å². The number of ether oxygens (including phenoxy) is 1. The smallest absolute Gasteiger partial charge is 0.280 e. The van der Waals surface area contributed by atoms with Gasteiger partial charge in [-0.1, -0.05) is 19.8 Å². The van der Waals surface area contributed by atoms with Gasteiger partial charge in [-0.3, -0.25) is 14.3 Å². The van der Waals surface area contributed by atoms with Crippen LogP contribution in [0, 0.1) is 18.3 Å². The van der Waals surface area contributed by atoms with Crippen LogP contribution in [0.4, 0.5) is 10.3 Å². The van der Waals surface area contributed by atoms with Gasteiger partial charge in [0, 0.05) is 6.54 Å². The molecule has 9 nitrogen and oxygen atoms in total. The van der Waals surface area contributed by atoms with Crippen LogP contribution in [0.1, 0.15) is 20.1 Å². The van der Waals surface area contributed by atoms with Crippen molar-refractivity contribution in [3.63, 3.8) is 0 Å². The molecule has 0 spiro atoms. The number of H-pyrrole nitrogens is 1. The standard InChI is InChI=1S/C16H20FN5O4/c1-4-16(17)11(24)9(6-23)26-14(16)22-7-19-10-12(22)20-15(21-13(10)25)18-5-8(2)3/h1,7-9,11,14,23-24H,5-6H2,2-3H3,(H2,18,20,21,25)/t9-,11+,14-,16?/m1/s1. The zero-order valence-corrected chi connectivity index (χ0v) is 14.3. The number of terminal acetylenes is 1. The highest BCUT2D eigenvalue weighted by Crippen LogP contribution is 2.41. The van der Waals surface area contributed by atoms with Gasteiger partial charge in [-0.2, -0.15) is 4.98 Å². The molecule has 3 rings (SSSR count). The lowest BCUT2D eigenvalue weighted by Crippen LogP contribution is -2.42. The molecule has 26 heavy (non-hydrogen) atoms. The highest BCUT2D eigenvalue weighted by atomic mass is 19.1. The van der Waals surface area contributed by atoms with Crippen molar-refractivity contribution in [1.82, 2.24) is 19.5 Å². The minimum Gasteiger partial charge on any atom is -0.394 e. The van der Waals surface area contributed by atoms with Crippen molar-refractivity contribution in [2.24, 2.45) is 5.92 Å². The van der Waals surface area contributed by atoms with Gasteiger partial charge in [0.1, 0.15) is 12.2 Å². The number of imidazole rings is 1. The number of anilines is 1. The number of nitrogens with zero attached hydrogens (tertiary/aromatic N) is 3. The first kappa shape index (κ1) is 18.3. The number of fused-ring (bicyclic) bond motifs is 1. The SMILES string of the molecule is C#CC1(F)[C@@H](O)[C@@H](CO)O[C@H]1n1cnc2c(=O)[nH]c(NCC(C)C)nc21. The maximum absolute atomic E-state index is 15.2. The topological polar surface area (TPSA) is 125 Å². The third-order valence-corrected chi connectivity index (χ3v) is 4.21. The Bertz CT molecular complexity index is 904. The molecular formula is C16H20FN5O4. The van der Waals surface area contributed by atoms with Crippen LogP contribution in [0.3, 0.4) is 0 Å². The summed E-state index contributed by atoms with van der Waals surface area (Å²) in [5, 5.41) is 22.3. The first-order valence-corrected chi connectivity index (χ1v) is 8.13. The van der Waals surface area contributed by atoms with Crippen molar-refractivity contribution in [1.29, 1.82) is 0 Å². The van der Waals surface area contributed by atoms with Crippen molar-refractivity contribution in [2.45, 2.75) is 38.0 Å². The van der Waals surface area contributed by atoms with Gasteiger partial charge in [0.25, 0.3) is 5.56 Å². The largest absolute Gasteiger partial charge is 0.394 e. The monoisotopic (exact) mass is 365 g/mol. The van der Waals surface area contributed by atoms with Crippen molar-refractivity contribution >= 4 is 17.1 Å². The molecule has 4 N–H and O–H groups in total. The maximum Gasteiger partial charge on any atom is 0.280 e. The van der Waals surface area contributed by atoms with Gasteiger partial charge in [-0.15, -0.1) is 6.42 Å². The Kier molecular flexibility index (Phi) is 4.70. The minimum atomic E-state index is -2.61. The number of nitrogens with one attached hydrogen (secondary N) is 2. The molecule has 1 saturated heterocycles. The Hall–Kier alpha value is -2.48.